The summed E-state index contributed by atoms with van der Waals surface area (Å²) in [5, 5.41) is 23.3. The quantitative estimate of drug-likeness (QED) is 0.653. The van der Waals surface area contributed by atoms with Crippen molar-refractivity contribution in [3.63, 3.8) is 0 Å². The van der Waals surface area contributed by atoms with Crippen LogP contribution in [0.15, 0.2) is 36.4 Å². The molecule has 2 N–H and O–H groups in total. The van der Waals surface area contributed by atoms with Crippen molar-refractivity contribution in [2.45, 2.75) is 27.0 Å². The molecule has 0 saturated carbocycles. The average Bonchev–Trinajstić information content (AvgIpc) is 2.47. The molecule has 0 radical (unpaired) electrons. The number of benzene rings is 2. The third-order valence-corrected chi connectivity index (χ3v) is 3.52. The van der Waals surface area contributed by atoms with E-state index >= 15 is 0 Å². The zero-order chi connectivity index (χ0) is 15.4. The maximum atomic E-state index is 11.0. The van der Waals surface area contributed by atoms with Crippen molar-refractivity contribution in [2.75, 3.05) is 5.32 Å². The maximum Gasteiger partial charge on any atom is 0.274 e. The number of nitro benzene ring substituents is 1. The molecule has 2 rings (SSSR count). The Balaban J connectivity index is 2.19. The Kier molecular flexibility index (Phi) is 4.55. The summed E-state index contributed by atoms with van der Waals surface area (Å²) in [4.78, 5) is 10.6. The topological polar surface area (TPSA) is 75.4 Å². The predicted octanol–water partition coefficient (Wildman–Crippen LogP) is 3.32. The number of nitro groups is 1. The third-order valence-electron chi connectivity index (χ3n) is 3.52. The third kappa shape index (κ3) is 3.38. The summed E-state index contributed by atoms with van der Waals surface area (Å²) in [7, 11) is 0. The number of hydrogen-bond acceptors (Lipinski definition) is 4. The van der Waals surface area contributed by atoms with Crippen LogP contribution in [0.25, 0.3) is 0 Å². The molecule has 2 aromatic carbocycles. The molecule has 0 bridgehead atoms. The van der Waals surface area contributed by atoms with Gasteiger partial charge in [-0.15, -0.1) is 0 Å². The van der Waals surface area contributed by atoms with Crippen LogP contribution in [0.1, 0.15) is 22.3 Å². The lowest BCUT2D eigenvalue weighted by Gasteiger charge is -2.13. The Morgan fingerprint density at radius 1 is 1.10 bits per heavy atom. The fourth-order valence-electron chi connectivity index (χ4n) is 2.26. The van der Waals surface area contributed by atoms with Gasteiger partial charge in [-0.05, 0) is 30.5 Å². The molecule has 0 aromatic heterocycles. The molecule has 5 nitrogen and oxygen atoms in total. The Labute approximate surface area is 123 Å². The number of rotatable bonds is 5. The molecule has 0 heterocycles. The van der Waals surface area contributed by atoms with Crippen LogP contribution in [0.5, 0.6) is 0 Å². The fraction of sp³-hybridized carbons (Fsp3) is 0.250. The minimum Gasteiger partial charge on any atom is -0.392 e. The average molecular weight is 286 g/mol. The molecule has 0 spiro atoms. The van der Waals surface area contributed by atoms with E-state index in [0.717, 1.165) is 22.4 Å². The second-order valence-corrected chi connectivity index (χ2v) is 4.99. The monoisotopic (exact) mass is 286 g/mol. The maximum absolute atomic E-state index is 11.0. The standard InChI is InChI=1S/C16H18N2O3/c1-11-3-8-15(18(20)21)12(2)16(11)17-9-13-4-6-14(10-19)7-5-13/h3-8,17,19H,9-10H2,1-2H3. The fourth-order valence-corrected chi connectivity index (χ4v) is 2.26. The molecule has 0 amide bonds. The Hall–Kier alpha value is -2.40. The van der Waals surface area contributed by atoms with Crippen molar-refractivity contribution in [1.82, 2.24) is 0 Å². The largest absolute Gasteiger partial charge is 0.392 e. The van der Waals surface area contributed by atoms with Gasteiger partial charge in [0.25, 0.3) is 5.69 Å². The van der Waals surface area contributed by atoms with E-state index in [1.165, 1.54) is 6.07 Å². The number of nitrogens with one attached hydrogen (secondary N) is 1. The SMILES string of the molecule is Cc1ccc([N+](=O)[O-])c(C)c1NCc1ccc(CO)cc1. The molecule has 0 unspecified atom stereocenters. The highest BCUT2D eigenvalue weighted by molar-refractivity contribution is 5.64. The highest BCUT2D eigenvalue weighted by Gasteiger charge is 2.15. The van der Waals surface area contributed by atoms with Crippen LogP contribution < -0.4 is 5.32 Å². The molecule has 21 heavy (non-hydrogen) atoms. The highest BCUT2D eigenvalue weighted by Crippen LogP contribution is 2.29. The molecular formula is C16H18N2O3. The lowest BCUT2D eigenvalue weighted by Crippen LogP contribution is -2.05. The molecule has 2 aromatic rings. The predicted molar refractivity (Wildman–Crippen MR) is 82.3 cm³/mol. The minimum atomic E-state index is -0.365. The van der Waals surface area contributed by atoms with Gasteiger partial charge in [0.2, 0.25) is 0 Å². The van der Waals surface area contributed by atoms with E-state index in [0.29, 0.717) is 12.1 Å². The number of hydrogen-bond donors (Lipinski definition) is 2. The van der Waals surface area contributed by atoms with E-state index in [2.05, 4.69) is 5.32 Å². The number of aliphatic hydroxyl groups excluding tert-OH is 1. The van der Waals surface area contributed by atoms with Gasteiger partial charge in [-0.2, -0.15) is 0 Å². The van der Waals surface area contributed by atoms with Gasteiger partial charge < -0.3 is 10.4 Å². The summed E-state index contributed by atoms with van der Waals surface area (Å²) in [5.41, 5.74) is 4.46. The van der Waals surface area contributed by atoms with Gasteiger partial charge in [-0.1, -0.05) is 30.3 Å². The van der Waals surface area contributed by atoms with Gasteiger partial charge in [0.15, 0.2) is 0 Å². The summed E-state index contributed by atoms with van der Waals surface area (Å²) in [6, 6.07) is 10.9. The molecule has 0 aliphatic heterocycles. The first-order chi connectivity index (χ1) is 10.0. The molecule has 0 aliphatic carbocycles. The Morgan fingerprint density at radius 3 is 2.29 bits per heavy atom. The molecule has 0 aliphatic rings. The van der Waals surface area contributed by atoms with Crippen molar-refractivity contribution in [3.8, 4) is 0 Å². The van der Waals surface area contributed by atoms with Crippen LogP contribution >= 0.6 is 0 Å². The molecule has 0 fully saturated rings. The second-order valence-electron chi connectivity index (χ2n) is 4.99. The van der Waals surface area contributed by atoms with Gasteiger partial charge >= 0.3 is 0 Å². The second kappa shape index (κ2) is 6.37. The smallest absolute Gasteiger partial charge is 0.274 e. The van der Waals surface area contributed by atoms with Crippen molar-refractivity contribution < 1.29 is 10.0 Å². The van der Waals surface area contributed by atoms with Crippen molar-refractivity contribution in [2.24, 2.45) is 0 Å². The van der Waals surface area contributed by atoms with Crippen LogP contribution in [0.2, 0.25) is 0 Å². The van der Waals surface area contributed by atoms with E-state index in [-0.39, 0.29) is 17.2 Å². The summed E-state index contributed by atoms with van der Waals surface area (Å²) >= 11 is 0. The first-order valence-electron chi connectivity index (χ1n) is 6.70. The number of anilines is 1. The highest BCUT2D eigenvalue weighted by atomic mass is 16.6. The molecule has 0 atom stereocenters. The lowest BCUT2D eigenvalue weighted by atomic mass is 10.1. The first-order valence-corrected chi connectivity index (χ1v) is 6.70. The first kappa shape index (κ1) is 15.0. The Morgan fingerprint density at radius 2 is 1.71 bits per heavy atom. The number of nitrogens with zero attached hydrogens (tertiary/aromatic N) is 1. The van der Waals surface area contributed by atoms with E-state index in [9.17, 15) is 10.1 Å². The van der Waals surface area contributed by atoms with Crippen LogP contribution in [0.4, 0.5) is 11.4 Å². The van der Waals surface area contributed by atoms with Crippen molar-refractivity contribution >= 4 is 11.4 Å². The van der Waals surface area contributed by atoms with E-state index in [4.69, 9.17) is 5.11 Å². The number of aliphatic hydroxyl groups is 1. The molecule has 5 heteroatoms. The molecule has 0 saturated heterocycles. The van der Waals surface area contributed by atoms with Gasteiger partial charge in [0.05, 0.1) is 17.1 Å². The molecular weight excluding hydrogens is 268 g/mol. The summed E-state index contributed by atoms with van der Waals surface area (Å²) < 4.78 is 0. The van der Waals surface area contributed by atoms with E-state index in [1.807, 2.05) is 31.2 Å². The normalized spacial score (nSPS) is 10.4. The summed E-state index contributed by atoms with van der Waals surface area (Å²) in [6.07, 6.45) is 0. The van der Waals surface area contributed by atoms with Crippen molar-refractivity contribution in [3.05, 3.63) is 68.8 Å². The minimum absolute atomic E-state index is 0.0246. The lowest BCUT2D eigenvalue weighted by molar-refractivity contribution is -0.385. The zero-order valence-corrected chi connectivity index (χ0v) is 12.1. The van der Waals surface area contributed by atoms with Gasteiger partial charge in [-0.25, -0.2) is 0 Å². The molecule has 110 valence electrons. The van der Waals surface area contributed by atoms with E-state index < -0.39 is 0 Å². The van der Waals surface area contributed by atoms with Gasteiger partial charge in [0, 0.05) is 18.3 Å². The van der Waals surface area contributed by atoms with Crippen molar-refractivity contribution in [1.29, 1.82) is 0 Å². The van der Waals surface area contributed by atoms with Crippen LogP contribution in [0.3, 0.4) is 0 Å². The van der Waals surface area contributed by atoms with Crippen LogP contribution in [-0.4, -0.2) is 10.0 Å². The van der Waals surface area contributed by atoms with Crippen LogP contribution in [-0.2, 0) is 13.2 Å². The summed E-state index contributed by atoms with van der Waals surface area (Å²) in [6.45, 7) is 4.28. The van der Waals surface area contributed by atoms with Gasteiger partial charge in [-0.3, -0.25) is 10.1 Å². The number of aryl methyl sites for hydroxylation is 1. The van der Waals surface area contributed by atoms with Gasteiger partial charge in [0.1, 0.15) is 0 Å². The van der Waals surface area contributed by atoms with Crippen LogP contribution in [0, 0.1) is 24.0 Å². The summed E-state index contributed by atoms with van der Waals surface area (Å²) in [5.74, 6) is 0. The zero-order valence-electron chi connectivity index (χ0n) is 12.1. The Bertz CT molecular complexity index is 651. The van der Waals surface area contributed by atoms with E-state index in [1.54, 1.807) is 13.0 Å².